The minimum absolute atomic E-state index is 0.137. The van der Waals surface area contributed by atoms with Crippen molar-refractivity contribution < 1.29 is 14.6 Å². The highest BCUT2D eigenvalue weighted by Gasteiger charge is 2.24. The fraction of sp³-hybridized carbons (Fsp3) is 0.389. The molecule has 0 bridgehead atoms. The minimum atomic E-state index is -0.677. The molecule has 7 nitrogen and oxygen atoms in total. The van der Waals surface area contributed by atoms with Crippen LogP contribution in [0.3, 0.4) is 0 Å². The third-order valence-electron chi connectivity index (χ3n) is 4.46. The molecule has 132 valence electrons. The number of amides is 1. The van der Waals surface area contributed by atoms with Crippen LogP contribution in [-0.2, 0) is 6.54 Å². The number of hydrogen-bond acceptors (Lipinski definition) is 5. The van der Waals surface area contributed by atoms with Crippen LogP contribution >= 0.6 is 0 Å². The molecule has 0 unspecified atom stereocenters. The second-order valence-electron chi connectivity index (χ2n) is 6.16. The van der Waals surface area contributed by atoms with E-state index in [1.165, 1.54) is 0 Å². The maximum atomic E-state index is 12.4. The molecule has 1 aliphatic rings. The summed E-state index contributed by atoms with van der Waals surface area (Å²) in [6, 6.07) is 7.28. The highest BCUT2D eigenvalue weighted by atomic mass is 16.5. The van der Waals surface area contributed by atoms with Crippen LogP contribution in [0.25, 0.3) is 0 Å². The fourth-order valence-corrected chi connectivity index (χ4v) is 3.08. The molecule has 1 heterocycles. The Morgan fingerprint density at radius 3 is 2.88 bits per heavy atom. The van der Waals surface area contributed by atoms with Crippen LogP contribution in [0.1, 0.15) is 53.5 Å². The molecule has 3 rings (SSSR count). The Kier molecular flexibility index (Phi) is 5.02. The molecular weight excluding hydrogens is 322 g/mol. The molecule has 1 saturated carbocycles. The standard InChI is InChI=1S/C18H21N3O4/c1-25-13-8-4-5-11(9-13)10-19-17(23)14-15(22)18(24)21-16(20-14)12-6-2-3-7-12/h4-5,8-9,12,22H,2-3,6-7,10H2,1H3,(H,19,23)(H,20,21,24). The van der Waals surface area contributed by atoms with Gasteiger partial charge < -0.3 is 20.1 Å². The van der Waals surface area contributed by atoms with Crippen molar-refractivity contribution in [3.63, 3.8) is 0 Å². The monoisotopic (exact) mass is 343 g/mol. The van der Waals surface area contributed by atoms with E-state index in [0.29, 0.717) is 11.6 Å². The summed E-state index contributed by atoms with van der Waals surface area (Å²) in [5, 5.41) is 12.6. The molecule has 1 aromatic heterocycles. The van der Waals surface area contributed by atoms with Crippen molar-refractivity contribution in [2.75, 3.05) is 7.11 Å². The summed E-state index contributed by atoms with van der Waals surface area (Å²) < 4.78 is 5.14. The molecule has 1 fully saturated rings. The number of H-pyrrole nitrogens is 1. The number of benzene rings is 1. The van der Waals surface area contributed by atoms with E-state index in [-0.39, 0.29) is 18.2 Å². The zero-order valence-corrected chi connectivity index (χ0v) is 14.0. The molecule has 1 amide bonds. The molecule has 1 aromatic carbocycles. The highest BCUT2D eigenvalue weighted by molar-refractivity contribution is 5.94. The Hall–Kier alpha value is -2.83. The van der Waals surface area contributed by atoms with Crippen LogP contribution in [0.2, 0.25) is 0 Å². The van der Waals surface area contributed by atoms with Gasteiger partial charge in [0, 0.05) is 12.5 Å². The van der Waals surface area contributed by atoms with Gasteiger partial charge in [0.25, 0.3) is 11.5 Å². The fourth-order valence-electron chi connectivity index (χ4n) is 3.08. The smallest absolute Gasteiger partial charge is 0.293 e. The molecule has 7 heteroatoms. The predicted molar refractivity (Wildman–Crippen MR) is 91.9 cm³/mol. The zero-order valence-electron chi connectivity index (χ0n) is 14.0. The number of nitrogens with zero attached hydrogens (tertiary/aromatic N) is 1. The van der Waals surface area contributed by atoms with Crippen molar-refractivity contribution in [2.24, 2.45) is 0 Å². The average molecular weight is 343 g/mol. The predicted octanol–water partition coefficient (Wildman–Crippen LogP) is 2.07. The lowest BCUT2D eigenvalue weighted by Crippen LogP contribution is -2.27. The summed E-state index contributed by atoms with van der Waals surface area (Å²) in [5.74, 6) is 0.0769. The van der Waals surface area contributed by atoms with E-state index in [9.17, 15) is 14.7 Å². The summed E-state index contributed by atoms with van der Waals surface area (Å²) in [4.78, 5) is 31.1. The van der Waals surface area contributed by atoms with Crippen molar-refractivity contribution in [3.05, 3.63) is 51.7 Å². The van der Waals surface area contributed by atoms with Gasteiger partial charge in [-0.1, -0.05) is 25.0 Å². The van der Waals surface area contributed by atoms with Crippen LogP contribution in [0.4, 0.5) is 0 Å². The van der Waals surface area contributed by atoms with Gasteiger partial charge in [-0.25, -0.2) is 4.98 Å². The Morgan fingerprint density at radius 1 is 1.40 bits per heavy atom. The summed E-state index contributed by atoms with van der Waals surface area (Å²) in [6.45, 7) is 0.239. The SMILES string of the molecule is COc1cccc(CNC(=O)c2nc(C3CCCC3)[nH]c(=O)c2O)c1. The first kappa shape index (κ1) is 17.0. The lowest BCUT2D eigenvalue weighted by atomic mass is 10.1. The van der Waals surface area contributed by atoms with E-state index in [1.807, 2.05) is 18.2 Å². The topological polar surface area (TPSA) is 104 Å². The van der Waals surface area contributed by atoms with Gasteiger partial charge in [0.2, 0.25) is 5.75 Å². The van der Waals surface area contributed by atoms with Gasteiger partial charge in [-0.2, -0.15) is 0 Å². The molecule has 3 N–H and O–H groups in total. The summed E-state index contributed by atoms with van der Waals surface area (Å²) in [6.07, 6.45) is 4.01. The lowest BCUT2D eigenvalue weighted by Gasteiger charge is -2.11. The van der Waals surface area contributed by atoms with Crippen molar-refractivity contribution in [1.29, 1.82) is 0 Å². The van der Waals surface area contributed by atoms with E-state index in [2.05, 4.69) is 15.3 Å². The van der Waals surface area contributed by atoms with Crippen molar-refractivity contribution in [2.45, 2.75) is 38.1 Å². The summed E-state index contributed by atoms with van der Waals surface area (Å²) in [7, 11) is 1.57. The molecule has 0 spiro atoms. The number of carbonyl (C=O) groups excluding carboxylic acids is 1. The van der Waals surface area contributed by atoms with Gasteiger partial charge >= 0.3 is 0 Å². The number of ether oxygens (including phenoxy) is 1. The van der Waals surface area contributed by atoms with Gasteiger partial charge in [0.15, 0.2) is 5.69 Å². The molecule has 0 aliphatic heterocycles. The van der Waals surface area contributed by atoms with E-state index in [4.69, 9.17) is 4.74 Å². The van der Waals surface area contributed by atoms with E-state index in [0.717, 1.165) is 31.2 Å². The van der Waals surface area contributed by atoms with Crippen molar-refractivity contribution in [3.8, 4) is 11.5 Å². The Balaban J connectivity index is 1.77. The number of methoxy groups -OCH3 is 1. The van der Waals surface area contributed by atoms with Crippen LogP contribution < -0.4 is 15.6 Å². The first-order chi connectivity index (χ1) is 12.1. The molecule has 25 heavy (non-hydrogen) atoms. The van der Waals surface area contributed by atoms with Crippen LogP contribution in [-0.4, -0.2) is 28.1 Å². The number of hydrogen-bond donors (Lipinski definition) is 3. The van der Waals surface area contributed by atoms with Crippen molar-refractivity contribution in [1.82, 2.24) is 15.3 Å². The maximum absolute atomic E-state index is 12.4. The molecule has 2 aromatic rings. The van der Waals surface area contributed by atoms with E-state index < -0.39 is 17.2 Å². The second-order valence-corrected chi connectivity index (χ2v) is 6.16. The minimum Gasteiger partial charge on any atom is -0.501 e. The molecule has 0 atom stereocenters. The number of aromatic nitrogens is 2. The van der Waals surface area contributed by atoms with Crippen LogP contribution in [0, 0.1) is 0 Å². The van der Waals surface area contributed by atoms with Gasteiger partial charge in [0.05, 0.1) is 7.11 Å². The summed E-state index contributed by atoms with van der Waals surface area (Å²) >= 11 is 0. The number of aromatic hydroxyl groups is 1. The second kappa shape index (κ2) is 7.38. The molecular formula is C18H21N3O4. The number of rotatable bonds is 5. The van der Waals surface area contributed by atoms with Crippen LogP contribution in [0.5, 0.6) is 11.5 Å². The van der Waals surface area contributed by atoms with E-state index in [1.54, 1.807) is 13.2 Å². The number of carbonyl (C=O) groups is 1. The Labute approximate surface area is 145 Å². The van der Waals surface area contributed by atoms with Gasteiger partial charge in [-0.3, -0.25) is 9.59 Å². The Bertz CT molecular complexity index is 825. The Morgan fingerprint density at radius 2 is 2.16 bits per heavy atom. The third kappa shape index (κ3) is 3.81. The van der Waals surface area contributed by atoms with Crippen molar-refractivity contribution >= 4 is 5.91 Å². The number of nitrogens with one attached hydrogen (secondary N) is 2. The molecule has 0 radical (unpaired) electrons. The average Bonchev–Trinajstić information content (AvgIpc) is 3.16. The normalized spacial score (nSPS) is 14.4. The summed E-state index contributed by atoms with van der Waals surface area (Å²) in [5.41, 5.74) is -0.0648. The maximum Gasteiger partial charge on any atom is 0.293 e. The van der Waals surface area contributed by atoms with Gasteiger partial charge in [0.1, 0.15) is 11.6 Å². The van der Waals surface area contributed by atoms with Crippen LogP contribution in [0.15, 0.2) is 29.1 Å². The first-order valence-electron chi connectivity index (χ1n) is 8.33. The van der Waals surface area contributed by atoms with Gasteiger partial charge in [-0.15, -0.1) is 0 Å². The van der Waals surface area contributed by atoms with E-state index >= 15 is 0 Å². The first-order valence-corrected chi connectivity index (χ1v) is 8.33. The highest BCUT2D eigenvalue weighted by Crippen LogP contribution is 2.32. The largest absolute Gasteiger partial charge is 0.501 e. The zero-order chi connectivity index (χ0) is 17.8. The number of aromatic amines is 1. The third-order valence-corrected chi connectivity index (χ3v) is 4.46. The quantitative estimate of drug-likeness (QED) is 0.771. The lowest BCUT2D eigenvalue weighted by molar-refractivity contribution is 0.0942. The molecule has 0 saturated heterocycles. The van der Waals surface area contributed by atoms with Gasteiger partial charge in [-0.05, 0) is 30.5 Å². The molecule has 1 aliphatic carbocycles.